The first-order valence-electron chi connectivity index (χ1n) is 9.29. The second-order valence-corrected chi connectivity index (χ2v) is 6.83. The van der Waals surface area contributed by atoms with Crippen molar-refractivity contribution < 1.29 is 4.79 Å². The molecule has 1 aliphatic heterocycles. The van der Waals surface area contributed by atoms with Gasteiger partial charge in [-0.25, -0.2) is 9.97 Å². The van der Waals surface area contributed by atoms with Crippen LogP contribution in [-0.2, 0) is 0 Å². The number of carbonyl (C=O) groups is 1. The molecule has 1 aromatic rings. The summed E-state index contributed by atoms with van der Waals surface area (Å²) in [6, 6.07) is 0. The van der Waals surface area contributed by atoms with Gasteiger partial charge in [-0.05, 0) is 58.3 Å². The van der Waals surface area contributed by atoms with Crippen LogP contribution in [0.15, 0.2) is 17.8 Å². The normalized spacial score (nSPS) is 18.2. The van der Waals surface area contributed by atoms with Crippen molar-refractivity contribution in [2.75, 3.05) is 24.5 Å². The summed E-state index contributed by atoms with van der Waals surface area (Å²) in [5.74, 6) is 0.699. The van der Waals surface area contributed by atoms with Crippen LogP contribution in [0.2, 0.25) is 0 Å². The van der Waals surface area contributed by atoms with E-state index in [0.717, 1.165) is 31.2 Å². The molecule has 1 saturated heterocycles. The Morgan fingerprint density at radius 3 is 2.75 bits per heavy atom. The lowest BCUT2D eigenvalue weighted by Crippen LogP contribution is -2.32. The zero-order valence-corrected chi connectivity index (χ0v) is 14.7. The average molecular weight is 328 g/mol. The summed E-state index contributed by atoms with van der Waals surface area (Å²) in [4.78, 5) is 23.6. The van der Waals surface area contributed by atoms with Crippen molar-refractivity contribution in [2.24, 2.45) is 0 Å². The highest BCUT2D eigenvalue weighted by molar-refractivity contribution is 5.95. The zero-order valence-electron chi connectivity index (χ0n) is 14.7. The number of carbonyl (C=O) groups excluding carboxylic acids is 1. The third-order valence-corrected chi connectivity index (χ3v) is 4.97. The van der Waals surface area contributed by atoms with E-state index in [0.29, 0.717) is 12.1 Å². The Hall–Kier alpha value is -1.91. The summed E-state index contributed by atoms with van der Waals surface area (Å²) in [5, 5.41) is 3.01. The first kappa shape index (κ1) is 16.9. The van der Waals surface area contributed by atoms with E-state index in [4.69, 9.17) is 0 Å². The standard InChI is InChI=1S/C19H28N4O/c1-15-17(14-21-19(22-15)23-12-6-3-7-13-23)18(24)20-11-10-16-8-4-2-5-9-16/h8,14H,2-7,9-13H2,1H3,(H,20,24). The van der Waals surface area contributed by atoms with E-state index in [9.17, 15) is 4.79 Å². The second-order valence-electron chi connectivity index (χ2n) is 6.83. The number of piperidine rings is 1. The van der Waals surface area contributed by atoms with Crippen molar-refractivity contribution in [3.63, 3.8) is 0 Å². The van der Waals surface area contributed by atoms with Crippen molar-refractivity contribution in [2.45, 2.75) is 58.3 Å². The molecule has 0 radical (unpaired) electrons. The third-order valence-electron chi connectivity index (χ3n) is 4.97. The van der Waals surface area contributed by atoms with Gasteiger partial charge in [0.25, 0.3) is 5.91 Å². The van der Waals surface area contributed by atoms with Crippen LogP contribution >= 0.6 is 0 Å². The molecule has 2 heterocycles. The molecule has 5 heteroatoms. The van der Waals surface area contributed by atoms with Gasteiger partial charge in [0.05, 0.1) is 11.3 Å². The van der Waals surface area contributed by atoms with E-state index in [1.165, 1.54) is 50.5 Å². The van der Waals surface area contributed by atoms with E-state index in [2.05, 4.69) is 26.3 Å². The minimum atomic E-state index is -0.0610. The summed E-state index contributed by atoms with van der Waals surface area (Å²) in [6.45, 7) is 4.62. The fourth-order valence-corrected chi connectivity index (χ4v) is 3.49. The maximum absolute atomic E-state index is 12.4. The largest absolute Gasteiger partial charge is 0.352 e. The molecule has 0 atom stereocenters. The molecule has 24 heavy (non-hydrogen) atoms. The lowest BCUT2D eigenvalue weighted by Gasteiger charge is -2.26. The number of amides is 1. The van der Waals surface area contributed by atoms with Gasteiger partial charge in [-0.3, -0.25) is 4.79 Å². The topological polar surface area (TPSA) is 58.1 Å². The summed E-state index contributed by atoms with van der Waals surface area (Å²) < 4.78 is 0. The SMILES string of the molecule is Cc1nc(N2CCCCC2)ncc1C(=O)NCCC1=CCCCC1. The minimum absolute atomic E-state index is 0.0610. The molecule has 2 aliphatic rings. The van der Waals surface area contributed by atoms with Crippen LogP contribution < -0.4 is 10.2 Å². The highest BCUT2D eigenvalue weighted by Crippen LogP contribution is 2.20. The molecule has 3 rings (SSSR count). The number of hydrogen-bond acceptors (Lipinski definition) is 4. The van der Waals surface area contributed by atoms with Crippen LogP contribution in [0.5, 0.6) is 0 Å². The minimum Gasteiger partial charge on any atom is -0.352 e. The first-order chi connectivity index (χ1) is 11.7. The molecule has 130 valence electrons. The van der Waals surface area contributed by atoms with Gasteiger partial charge in [-0.1, -0.05) is 11.6 Å². The van der Waals surface area contributed by atoms with E-state index in [1.807, 2.05) is 6.92 Å². The summed E-state index contributed by atoms with van der Waals surface area (Å²) in [5.41, 5.74) is 2.84. The Morgan fingerprint density at radius 2 is 2.04 bits per heavy atom. The van der Waals surface area contributed by atoms with Crippen LogP contribution in [0.3, 0.4) is 0 Å². The molecule has 1 aromatic heterocycles. The predicted molar refractivity (Wildman–Crippen MR) is 96.3 cm³/mol. The Bertz CT molecular complexity index is 605. The number of rotatable bonds is 5. The quantitative estimate of drug-likeness (QED) is 0.842. The Balaban J connectivity index is 1.55. The van der Waals surface area contributed by atoms with E-state index in [1.54, 1.807) is 6.20 Å². The maximum atomic E-state index is 12.4. The fourth-order valence-electron chi connectivity index (χ4n) is 3.49. The van der Waals surface area contributed by atoms with Gasteiger partial charge in [0.15, 0.2) is 0 Å². The van der Waals surface area contributed by atoms with Gasteiger partial charge >= 0.3 is 0 Å². The number of anilines is 1. The Labute approximate surface area is 144 Å². The van der Waals surface area contributed by atoms with E-state index >= 15 is 0 Å². The molecule has 1 amide bonds. The van der Waals surface area contributed by atoms with Crippen molar-refractivity contribution in [1.82, 2.24) is 15.3 Å². The van der Waals surface area contributed by atoms with E-state index in [-0.39, 0.29) is 5.91 Å². The number of nitrogens with zero attached hydrogens (tertiary/aromatic N) is 3. The molecule has 0 saturated carbocycles. The predicted octanol–water partition coefficient (Wildman–Crippen LogP) is 3.40. The van der Waals surface area contributed by atoms with Crippen molar-refractivity contribution >= 4 is 11.9 Å². The van der Waals surface area contributed by atoms with Crippen LogP contribution in [0.4, 0.5) is 5.95 Å². The molecule has 1 aliphatic carbocycles. The van der Waals surface area contributed by atoms with E-state index < -0.39 is 0 Å². The van der Waals surface area contributed by atoms with Crippen LogP contribution in [-0.4, -0.2) is 35.5 Å². The summed E-state index contributed by atoms with van der Waals surface area (Å²) >= 11 is 0. The number of hydrogen-bond donors (Lipinski definition) is 1. The monoisotopic (exact) mass is 328 g/mol. The van der Waals surface area contributed by atoms with Crippen molar-refractivity contribution in [3.05, 3.63) is 29.1 Å². The fraction of sp³-hybridized carbons (Fsp3) is 0.632. The van der Waals surface area contributed by atoms with Crippen LogP contribution in [0, 0.1) is 6.92 Å². The van der Waals surface area contributed by atoms with Gasteiger partial charge < -0.3 is 10.2 Å². The molecular formula is C19H28N4O. The van der Waals surface area contributed by atoms with Gasteiger partial charge in [-0.2, -0.15) is 0 Å². The smallest absolute Gasteiger partial charge is 0.254 e. The summed E-state index contributed by atoms with van der Waals surface area (Å²) in [7, 11) is 0. The number of nitrogens with one attached hydrogen (secondary N) is 1. The second kappa shape index (κ2) is 8.27. The number of aromatic nitrogens is 2. The Morgan fingerprint density at radius 1 is 1.21 bits per heavy atom. The maximum Gasteiger partial charge on any atom is 0.254 e. The van der Waals surface area contributed by atoms with Crippen molar-refractivity contribution in [1.29, 1.82) is 0 Å². The summed E-state index contributed by atoms with van der Waals surface area (Å²) in [6.07, 6.45) is 13.6. The highest BCUT2D eigenvalue weighted by Gasteiger charge is 2.17. The van der Waals surface area contributed by atoms with Gasteiger partial charge in [0.1, 0.15) is 0 Å². The number of allylic oxidation sites excluding steroid dienone is 1. The first-order valence-corrected chi connectivity index (χ1v) is 9.29. The lowest BCUT2D eigenvalue weighted by molar-refractivity contribution is 0.0952. The lowest BCUT2D eigenvalue weighted by atomic mass is 9.97. The van der Waals surface area contributed by atoms with Gasteiger partial charge in [0, 0.05) is 25.8 Å². The Kier molecular flexibility index (Phi) is 5.83. The molecular weight excluding hydrogens is 300 g/mol. The average Bonchev–Trinajstić information content (AvgIpc) is 2.63. The van der Waals surface area contributed by atoms with Gasteiger partial charge in [-0.15, -0.1) is 0 Å². The highest BCUT2D eigenvalue weighted by atomic mass is 16.1. The molecule has 0 spiro atoms. The van der Waals surface area contributed by atoms with Crippen LogP contribution in [0.1, 0.15) is 67.4 Å². The molecule has 0 bridgehead atoms. The van der Waals surface area contributed by atoms with Crippen LogP contribution in [0.25, 0.3) is 0 Å². The van der Waals surface area contributed by atoms with Crippen molar-refractivity contribution in [3.8, 4) is 0 Å². The molecule has 5 nitrogen and oxygen atoms in total. The molecule has 1 N–H and O–H groups in total. The molecule has 0 unspecified atom stereocenters. The van der Waals surface area contributed by atoms with Gasteiger partial charge in [0.2, 0.25) is 5.95 Å². The zero-order chi connectivity index (χ0) is 16.8. The number of aryl methyl sites for hydroxylation is 1. The third kappa shape index (κ3) is 4.34. The molecule has 1 fully saturated rings. The molecule has 0 aromatic carbocycles.